The van der Waals surface area contributed by atoms with Crippen LogP contribution in [0.3, 0.4) is 0 Å². The standard InChI is InChI=1S/C27H32N4O5/c1-34-22-16-20(17-23(35-2)25(22)36-3)26-28-27(33)21(29-30-26)9-10-24(32)31-13-11-19(12-14-31)15-18-7-5-4-6-8-18/h4-8,16-17,19H,9-15H2,1-3H3,(H,28,30,33). The highest BCUT2D eigenvalue weighted by Crippen LogP contribution is 2.40. The second kappa shape index (κ2) is 11.7. The number of methoxy groups -OCH3 is 3. The molecule has 2 heterocycles. The number of hydrogen-bond acceptors (Lipinski definition) is 7. The number of carbonyl (C=O) groups is 1. The number of nitrogens with one attached hydrogen (secondary N) is 1. The molecular weight excluding hydrogens is 460 g/mol. The molecule has 3 aromatic rings. The number of aromatic amines is 1. The molecule has 4 rings (SSSR count). The van der Waals surface area contributed by atoms with Gasteiger partial charge in [0.2, 0.25) is 11.7 Å². The summed E-state index contributed by atoms with van der Waals surface area (Å²) >= 11 is 0. The molecule has 190 valence electrons. The zero-order chi connectivity index (χ0) is 25.5. The highest BCUT2D eigenvalue weighted by atomic mass is 16.5. The lowest BCUT2D eigenvalue weighted by Crippen LogP contribution is -2.39. The minimum atomic E-state index is -0.372. The molecule has 1 aliphatic rings. The maximum atomic E-state index is 12.8. The Balaban J connectivity index is 1.35. The summed E-state index contributed by atoms with van der Waals surface area (Å²) in [5.41, 5.74) is 1.77. The first-order valence-corrected chi connectivity index (χ1v) is 12.1. The van der Waals surface area contributed by atoms with Gasteiger partial charge in [-0.05, 0) is 42.9 Å². The first kappa shape index (κ1) is 25.2. The van der Waals surface area contributed by atoms with E-state index in [1.165, 1.54) is 26.9 Å². The summed E-state index contributed by atoms with van der Waals surface area (Å²) in [6.07, 6.45) is 3.49. The van der Waals surface area contributed by atoms with E-state index in [0.29, 0.717) is 28.7 Å². The molecule has 0 bridgehead atoms. The van der Waals surface area contributed by atoms with E-state index in [2.05, 4.69) is 39.4 Å². The van der Waals surface area contributed by atoms with Crippen molar-refractivity contribution in [2.24, 2.45) is 5.92 Å². The first-order chi connectivity index (χ1) is 17.5. The fourth-order valence-corrected chi connectivity index (χ4v) is 4.59. The molecule has 1 aromatic heterocycles. The van der Waals surface area contributed by atoms with Crippen LogP contribution in [0.4, 0.5) is 0 Å². The van der Waals surface area contributed by atoms with Crippen molar-refractivity contribution >= 4 is 5.91 Å². The van der Waals surface area contributed by atoms with E-state index in [-0.39, 0.29) is 35.8 Å². The number of aryl methyl sites for hydroxylation is 1. The minimum Gasteiger partial charge on any atom is -0.493 e. The largest absolute Gasteiger partial charge is 0.493 e. The van der Waals surface area contributed by atoms with Crippen molar-refractivity contribution in [1.29, 1.82) is 0 Å². The molecule has 2 aromatic carbocycles. The lowest BCUT2D eigenvalue weighted by atomic mass is 9.90. The van der Waals surface area contributed by atoms with Gasteiger partial charge in [-0.3, -0.25) is 9.59 Å². The van der Waals surface area contributed by atoms with Crippen LogP contribution in [-0.4, -0.2) is 60.4 Å². The summed E-state index contributed by atoms with van der Waals surface area (Å²) in [7, 11) is 4.55. The van der Waals surface area contributed by atoms with Crippen molar-refractivity contribution < 1.29 is 19.0 Å². The minimum absolute atomic E-state index is 0.0445. The fraction of sp³-hybridized carbons (Fsp3) is 0.407. The van der Waals surface area contributed by atoms with Crippen LogP contribution < -0.4 is 19.8 Å². The van der Waals surface area contributed by atoms with Gasteiger partial charge in [-0.25, -0.2) is 0 Å². The summed E-state index contributed by atoms with van der Waals surface area (Å²) in [6.45, 7) is 1.50. The van der Waals surface area contributed by atoms with Crippen LogP contribution in [0.1, 0.15) is 30.5 Å². The van der Waals surface area contributed by atoms with E-state index in [0.717, 1.165) is 32.4 Å². The zero-order valence-electron chi connectivity index (χ0n) is 21.0. The van der Waals surface area contributed by atoms with Crippen LogP contribution in [0.2, 0.25) is 0 Å². The molecule has 1 amide bonds. The monoisotopic (exact) mass is 492 g/mol. The maximum Gasteiger partial charge on any atom is 0.273 e. The number of amides is 1. The maximum absolute atomic E-state index is 12.8. The Hall–Kier alpha value is -3.88. The van der Waals surface area contributed by atoms with E-state index in [9.17, 15) is 9.59 Å². The molecule has 9 nitrogen and oxygen atoms in total. The molecule has 0 spiro atoms. The van der Waals surface area contributed by atoms with E-state index in [1.807, 2.05) is 11.0 Å². The molecular formula is C27H32N4O5. The third-order valence-electron chi connectivity index (χ3n) is 6.61. The molecule has 1 N–H and O–H groups in total. The molecule has 0 saturated carbocycles. The lowest BCUT2D eigenvalue weighted by molar-refractivity contribution is -0.132. The summed E-state index contributed by atoms with van der Waals surface area (Å²) in [5, 5.41) is 8.28. The molecule has 0 atom stereocenters. The van der Waals surface area contributed by atoms with Crippen LogP contribution >= 0.6 is 0 Å². The number of likely N-dealkylation sites (tertiary alicyclic amines) is 1. The van der Waals surface area contributed by atoms with Crippen molar-refractivity contribution in [2.75, 3.05) is 34.4 Å². The van der Waals surface area contributed by atoms with E-state index >= 15 is 0 Å². The second-order valence-corrected chi connectivity index (χ2v) is 8.88. The summed E-state index contributed by atoms with van der Waals surface area (Å²) in [6, 6.07) is 13.8. The zero-order valence-corrected chi connectivity index (χ0v) is 21.0. The van der Waals surface area contributed by atoms with E-state index in [1.54, 1.807) is 12.1 Å². The smallest absolute Gasteiger partial charge is 0.273 e. The molecule has 0 aliphatic carbocycles. The van der Waals surface area contributed by atoms with Crippen molar-refractivity contribution in [2.45, 2.75) is 32.1 Å². The van der Waals surface area contributed by atoms with Crippen LogP contribution in [0.5, 0.6) is 17.2 Å². The Morgan fingerprint density at radius 2 is 1.67 bits per heavy atom. The Kier molecular flexibility index (Phi) is 8.20. The molecule has 0 radical (unpaired) electrons. The number of benzene rings is 2. The summed E-state index contributed by atoms with van der Waals surface area (Å²) in [4.78, 5) is 30.1. The number of ether oxygens (including phenoxy) is 3. The average molecular weight is 493 g/mol. The normalized spacial score (nSPS) is 13.9. The summed E-state index contributed by atoms with van der Waals surface area (Å²) < 4.78 is 16.1. The van der Waals surface area contributed by atoms with E-state index < -0.39 is 0 Å². The Labute approximate surface area is 210 Å². The number of carbonyl (C=O) groups excluding carboxylic acids is 1. The van der Waals surface area contributed by atoms with Crippen LogP contribution in [0.15, 0.2) is 47.3 Å². The molecule has 36 heavy (non-hydrogen) atoms. The average Bonchev–Trinajstić information content (AvgIpc) is 2.92. The SMILES string of the molecule is COc1cc(-c2nnc(CCC(=O)N3CCC(Cc4ccccc4)CC3)c(=O)[nH]2)cc(OC)c1OC. The van der Waals surface area contributed by atoms with Gasteiger partial charge in [0, 0.05) is 31.5 Å². The third kappa shape index (κ3) is 5.84. The molecule has 1 fully saturated rings. The van der Waals surface area contributed by atoms with Gasteiger partial charge in [-0.2, -0.15) is 0 Å². The predicted molar refractivity (Wildman–Crippen MR) is 136 cm³/mol. The molecule has 1 saturated heterocycles. The van der Waals surface area contributed by atoms with Crippen molar-refractivity contribution in [1.82, 2.24) is 20.1 Å². The number of aromatic nitrogens is 3. The number of hydrogen-bond donors (Lipinski definition) is 1. The van der Waals surface area contributed by atoms with Gasteiger partial charge in [0.1, 0.15) is 5.69 Å². The Morgan fingerprint density at radius 1 is 1.00 bits per heavy atom. The topological polar surface area (TPSA) is 107 Å². The number of nitrogens with zero attached hydrogens (tertiary/aromatic N) is 3. The van der Waals surface area contributed by atoms with Gasteiger partial charge in [0.25, 0.3) is 5.56 Å². The number of rotatable bonds is 9. The van der Waals surface area contributed by atoms with Gasteiger partial charge in [-0.1, -0.05) is 30.3 Å². The van der Waals surface area contributed by atoms with Gasteiger partial charge in [0.05, 0.1) is 21.3 Å². The highest BCUT2D eigenvalue weighted by Gasteiger charge is 2.23. The van der Waals surface area contributed by atoms with Crippen LogP contribution in [0.25, 0.3) is 11.4 Å². The van der Waals surface area contributed by atoms with Crippen molar-refractivity contribution in [3.05, 3.63) is 64.1 Å². The summed E-state index contributed by atoms with van der Waals surface area (Å²) in [5.74, 6) is 2.23. The molecule has 1 aliphatic heterocycles. The lowest BCUT2D eigenvalue weighted by Gasteiger charge is -2.32. The number of H-pyrrole nitrogens is 1. The van der Waals surface area contributed by atoms with Gasteiger partial charge in [-0.15, -0.1) is 10.2 Å². The van der Waals surface area contributed by atoms with Crippen molar-refractivity contribution in [3.63, 3.8) is 0 Å². The highest BCUT2D eigenvalue weighted by molar-refractivity contribution is 5.76. The predicted octanol–water partition coefficient (Wildman–Crippen LogP) is 3.27. The Morgan fingerprint density at radius 3 is 2.25 bits per heavy atom. The first-order valence-electron chi connectivity index (χ1n) is 12.1. The fourth-order valence-electron chi connectivity index (χ4n) is 4.59. The van der Waals surface area contributed by atoms with Gasteiger partial charge < -0.3 is 24.1 Å². The quantitative estimate of drug-likeness (QED) is 0.489. The number of piperidine rings is 1. The second-order valence-electron chi connectivity index (χ2n) is 8.88. The van der Waals surface area contributed by atoms with Gasteiger partial charge in [0.15, 0.2) is 17.3 Å². The molecule has 0 unspecified atom stereocenters. The third-order valence-corrected chi connectivity index (χ3v) is 6.61. The van der Waals surface area contributed by atoms with E-state index in [4.69, 9.17) is 14.2 Å². The van der Waals surface area contributed by atoms with Crippen LogP contribution in [0, 0.1) is 5.92 Å². The Bertz CT molecular complexity index is 1210. The molecule has 9 heteroatoms. The van der Waals surface area contributed by atoms with Crippen LogP contribution in [-0.2, 0) is 17.6 Å². The van der Waals surface area contributed by atoms with Crippen molar-refractivity contribution in [3.8, 4) is 28.6 Å². The van der Waals surface area contributed by atoms with Gasteiger partial charge >= 0.3 is 0 Å².